The van der Waals surface area contributed by atoms with Crippen molar-refractivity contribution in [3.8, 4) is 0 Å². The monoisotopic (exact) mass is 378 g/mol. The van der Waals surface area contributed by atoms with Crippen molar-refractivity contribution in [2.24, 2.45) is 0 Å². The zero-order valence-corrected chi connectivity index (χ0v) is 15.1. The molecular weight excluding hydrogens is 355 g/mol. The average molecular weight is 379 g/mol. The van der Waals surface area contributed by atoms with Crippen molar-refractivity contribution >= 4 is 23.5 Å². The van der Waals surface area contributed by atoms with Crippen LogP contribution in [0.3, 0.4) is 0 Å². The van der Waals surface area contributed by atoms with Gasteiger partial charge in [0, 0.05) is 4.47 Å². The smallest absolute Gasteiger partial charge is 0.363 e. The molecule has 1 atom stereocenters. The van der Waals surface area contributed by atoms with Gasteiger partial charge in [0.15, 0.2) is 5.85 Å². The Morgan fingerprint density at radius 3 is 2.00 bits per heavy atom. The summed E-state index contributed by atoms with van der Waals surface area (Å²) in [5, 5.41) is 10.4. The third-order valence-electron chi connectivity index (χ3n) is 3.01. The summed E-state index contributed by atoms with van der Waals surface area (Å²) < 4.78 is 24.6. The Hall–Kier alpha value is -0.190. The lowest BCUT2D eigenvalue weighted by molar-refractivity contribution is 0.139. The normalized spacial score (nSPS) is 13.3. The summed E-state index contributed by atoms with van der Waals surface area (Å²) in [5.74, 6) is -1.25. The van der Waals surface area contributed by atoms with Gasteiger partial charge in [-0.25, -0.2) is 0 Å². The molecule has 0 amide bonds. The lowest BCUT2D eigenvalue weighted by atomic mass is 10.2. The molecule has 1 rings (SSSR count). The molecule has 0 spiro atoms. The maximum absolute atomic E-state index is 12.8. The lowest BCUT2D eigenvalue weighted by Crippen LogP contribution is -2.08. The Morgan fingerprint density at radius 1 is 1.10 bits per heavy atom. The molecule has 0 bridgehead atoms. The van der Waals surface area contributed by atoms with Crippen molar-refractivity contribution in [1.29, 1.82) is 0 Å². The second-order valence-corrected chi connectivity index (χ2v) is 7.84. The molecule has 0 saturated carbocycles. The number of unbranched alkanes of at least 4 members (excludes halogenated alkanes) is 2. The molecule has 1 aromatic carbocycles. The first-order valence-corrected chi connectivity index (χ1v) is 9.76. The van der Waals surface area contributed by atoms with E-state index in [-0.39, 0.29) is 0 Å². The number of aliphatic hydroxyl groups is 1. The summed E-state index contributed by atoms with van der Waals surface area (Å²) in [4.78, 5) is 0. The summed E-state index contributed by atoms with van der Waals surface area (Å²) in [6.07, 6.45) is 3.44. The van der Waals surface area contributed by atoms with Crippen LogP contribution in [-0.2, 0) is 13.6 Å². The van der Waals surface area contributed by atoms with Gasteiger partial charge in [0.1, 0.15) is 0 Å². The van der Waals surface area contributed by atoms with Crippen molar-refractivity contribution in [1.82, 2.24) is 0 Å². The van der Waals surface area contributed by atoms with E-state index in [2.05, 4.69) is 15.9 Å². The number of hydrogen-bond acceptors (Lipinski definition) is 4. The van der Waals surface area contributed by atoms with Crippen LogP contribution in [0.4, 0.5) is 0 Å². The summed E-state index contributed by atoms with van der Waals surface area (Å²) in [6.45, 7) is 4.70. The highest BCUT2D eigenvalue weighted by molar-refractivity contribution is 9.10. The third kappa shape index (κ3) is 6.21. The van der Waals surface area contributed by atoms with Crippen molar-refractivity contribution in [2.45, 2.75) is 45.4 Å². The highest BCUT2D eigenvalue weighted by Gasteiger charge is 2.35. The lowest BCUT2D eigenvalue weighted by Gasteiger charge is -2.23. The van der Waals surface area contributed by atoms with Gasteiger partial charge in [0.05, 0.1) is 13.2 Å². The maximum Gasteiger partial charge on any atom is 0.363 e. The van der Waals surface area contributed by atoms with E-state index in [4.69, 9.17) is 9.05 Å². The number of hydrogen-bond donors (Lipinski definition) is 1. The van der Waals surface area contributed by atoms with Crippen molar-refractivity contribution in [3.05, 3.63) is 34.3 Å². The molecule has 0 aliphatic carbocycles. The van der Waals surface area contributed by atoms with Gasteiger partial charge in [-0.1, -0.05) is 54.8 Å². The second-order valence-electron chi connectivity index (χ2n) is 4.84. The first-order chi connectivity index (χ1) is 10.0. The molecule has 0 heterocycles. The number of benzene rings is 1. The van der Waals surface area contributed by atoms with E-state index in [0.717, 1.165) is 30.2 Å². The molecule has 120 valence electrons. The standard InChI is InChI=1S/C15H24BrO4P/c1-3-5-11-19-21(18,20-12-6-4-2)15(17)13-7-9-14(16)10-8-13/h7-10,15,17H,3-6,11-12H2,1-2H3/t15-/m1/s1. The molecule has 1 N–H and O–H groups in total. The minimum absolute atomic E-state index is 0.327. The van der Waals surface area contributed by atoms with Gasteiger partial charge in [0.25, 0.3) is 0 Å². The topological polar surface area (TPSA) is 55.8 Å². The molecule has 1 aromatic rings. The zero-order valence-electron chi connectivity index (χ0n) is 12.6. The first-order valence-electron chi connectivity index (χ1n) is 7.35. The van der Waals surface area contributed by atoms with E-state index >= 15 is 0 Å². The maximum atomic E-state index is 12.8. The predicted molar refractivity (Wildman–Crippen MR) is 88.4 cm³/mol. The molecule has 21 heavy (non-hydrogen) atoms. The molecule has 0 saturated heterocycles. The highest BCUT2D eigenvalue weighted by Crippen LogP contribution is 2.59. The molecule has 0 fully saturated rings. The van der Waals surface area contributed by atoms with Crippen LogP contribution < -0.4 is 0 Å². The Labute approximate surface area is 135 Å². The van der Waals surface area contributed by atoms with Gasteiger partial charge in [-0.15, -0.1) is 0 Å². The Kier molecular flexibility index (Phi) is 8.76. The fourth-order valence-electron chi connectivity index (χ4n) is 1.67. The van der Waals surface area contributed by atoms with E-state index in [1.807, 2.05) is 13.8 Å². The van der Waals surface area contributed by atoms with Crippen LogP contribution >= 0.6 is 23.5 Å². The molecule has 0 aliphatic heterocycles. The van der Waals surface area contributed by atoms with E-state index in [1.54, 1.807) is 24.3 Å². The molecular formula is C15H24BrO4P. The summed E-state index contributed by atoms with van der Waals surface area (Å²) in [6, 6.07) is 7.02. The minimum atomic E-state index is -3.57. The molecule has 0 aliphatic rings. The van der Waals surface area contributed by atoms with Crippen LogP contribution in [0.15, 0.2) is 28.7 Å². The van der Waals surface area contributed by atoms with Gasteiger partial charge in [-0.3, -0.25) is 4.57 Å². The van der Waals surface area contributed by atoms with Crippen LogP contribution in [0.1, 0.15) is 50.9 Å². The zero-order chi connectivity index (χ0) is 15.7. The van der Waals surface area contributed by atoms with Crippen LogP contribution in [0.2, 0.25) is 0 Å². The van der Waals surface area contributed by atoms with E-state index in [0.29, 0.717) is 18.8 Å². The largest absolute Gasteiger partial charge is 0.376 e. The van der Waals surface area contributed by atoms with Gasteiger partial charge >= 0.3 is 7.60 Å². The van der Waals surface area contributed by atoms with Crippen LogP contribution in [0.25, 0.3) is 0 Å². The minimum Gasteiger partial charge on any atom is -0.376 e. The first kappa shape index (κ1) is 18.9. The number of halogens is 1. The van der Waals surface area contributed by atoms with E-state index in [9.17, 15) is 9.67 Å². The van der Waals surface area contributed by atoms with Gasteiger partial charge in [-0.2, -0.15) is 0 Å². The Balaban J connectivity index is 2.82. The third-order valence-corrected chi connectivity index (χ3v) is 5.52. The summed E-state index contributed by atoms with van der Waals surface area (Å²) >= 11 is 3.33. The van der Waals surface area contributed by atoms with Crippen molar-refractivity contribution in [3.63, 3.8) is 0 Å². The van der Waals surface area contributed by atoms with E-state index < -0.39 is 13.4 Å². The number of rotatable bonds is 10. The Morgan fingerprint density at radius 2 is 1.57 bits per heavy atom. The molecule has 6 heteroatoms. The van der Waals surface area contributed by atoms with Gasteiger partial charge in [0.2, 0.25) is 0 Å². The van der Waals surface area contributed by atoms with Crippen LogP contribution in [-0.4, -0.2) is 18.3 Å². The average Bonchev–Trinajstić information content (AvgIpc) is 2.48. The molecule has 0 radical (unpaired) electrons. The second kappa shape index (κ2) is 9.75. The fraction of sp³-hybridized carbons (Fsp3) is 0.600. The molecule has 4 nitrogen and oxygen atoms in total. The summed E-state index contributed by atoms with van der Waals surface area (Å²) in [7, 11) is -3.57. The SMILES string of the molecule is CCCCOP(=O)(OCCCC)[C@@H](O)c1ccc(Br)cc1. The summed E-state index contributed by atoms with van der Waals surface area (Å²) in [5.41, 5.74) is 0.537. The molecule has 0 aromatic heterocycles. The van der Waals surface area contributed by atoms with Crippen molar-refractivity contribution in [2.75, 3.05) is 13.2 Å². The van der Waals surface area contributed by atoms with Crippen molar-refractivity contribution < 1.29 is 18.7 Å². The predicted octanol–water partition coefficient (Wildman–Crippen LogP) is 5.27. The molecule has 0 unspecified atom stereocenters. The van der Waals surface area contributed by atoms with Crippen LogP contribution in [0.5, 0.6) is 0 Å². The van der Waals surface area contributed by atoms with Gasteiger partial charge < -0.3 is 14.2 Å². The number of aliphatic hydroxyl groups excluding tert-OH is 1. The fourth-order valence-corrected chi connectivity index (χ4v) is 3.59. The highest BCUT2D eigenvalue weighted by atomic mass is 79.9. The quantitative estimate of drug-likeness (QED) is 0.445. The van der Waals surface area contributed by atoms with Crippen LogP contribution in [0, 0.1) is 0 Å². The van der Waals surface area contributed by atoms with E-state index in [1.165, 1.54) is 0 Å². The van der Waals surface area contributed by atoms with Gasteiger partial charge in [-0.05, 0) is 30.5 Å². The Bertz CT molecular complexity index is 435.